The lowest BCUT2D eigenvalue weighted by molar-refractivity contribution is -0.163. The van der Waals surface area contributed by atoms with Crippen LogP contribution in [0.25, 0.3) is 0 Å². The minimum Gasteiger partial charge on any atom is -0.465 e. The number of hydrogen-bond acceptors (Lipinski definition) is 12. The van der Waals surface area contributed by atoms with Gasteiger partial charge in [-0.3, -0.25) is 19.2 Å². The minimum atomic E-state index is -0.565. The molecule has 0 amide bonds. The summed E-state index contributed by atoms with van der Waals surface area (Å²) in [6, 6.07) is 0. The molecular formula is C27H36O12. The molecule has 4 saturated heterocycles. The van der Waals surface area contributed by atoms with Gasteiger partial charge in [0.05, 0.1) is 74.5 Å². The van der Waals surface area contributed by atoms with E-state index in [1.807, 2.05) is 0 Å². The molecule has 6 rings (SSSR count). The zero-order chi connectivity index (χ0) is 26.9. The molecule has 6 fully saturated rings. The van der Waals surface area contributed by atoms with Gasteiger partial charge >= 0.3 is 23.9 Å². The summed E-state index contributed by atoms with van der Waals surface area (Å²) >= 11 is 0. The average molecular weight is 553 g/mol. The third-order valence-electron chi connectivity index (χ3n) is 8.41. The molecule has 2 aliphatic carbocycles. The molecule has 39 heavy (non-hydrogen) atoms. The summed E-state index contributed by atoms with van der Waals surface area (Å²) in [5.41, 5.74) is 0. The zero-order valence-corrected chi connectivity index (χ0v) is 21.9. The van der Waals surface area contributed by atoms with E-state index in [0.717, 1.165) is 0 Å². The second-order valence-corrected chi connectivity index (χ2v) is 11.4. The minimum absolute atomic E-state index is 0.0169. The maximum atomic E-state index is 12.7. The summed E-state index contributed by atoms with van der Waals surface area (Å²) < 4.78 is 42.9. The van der Waals surface area contributed by atoms with Crippen LogP contribution in [0.4, 0.5) is 0 Å². The first-order valence-electron chi connectivity index (χ1n) is 14.2. The highest BCUT2D eigenvalue weighted by Crippen LogP contribution is 2.45. The lowest BCUT2D eigenvalue weighted by Crippen LogP contribution is -2.38. The van der Waals surface area contributed by atoms with Crippen LogP contribution in [0, 0.1) is 23.7 Å². The van der Waals surface area contributed by atoms with E-state index in [1.165, 1.54) is 0 Å². The fraction of sp³-hybridized carbons (Fsp3) is 0.852. The molecule has 0 aromatic rings. The van der Waals surface area contributed by atoms with Crippen LogP contribution in [0.3, 0.4) is 0 Å². The van der Waals surface area contributed by atoms with Crippen molar-refractivity contribution in [2.45, 2.75) is 81.6 Å². The molecule has 0 radical (unpaired) electrons. The Hall–Kier alpha value is -2.28. The quantitative estimate of drug-likeness (QED) is 0.129. The van der Waals surface area contributed by atoms with Crippen LogP contribution >= 0.6 is 0 Å². The largest absolute Gasteiger partial charge is 0.465 e. The van der Waals surface area contributed by atoms with Gasteiger partial charge in [-0.1, -0.05) is 0 Å². The van der Waals surface area contributed by atoms with Gasteiger partial charge in [-0.25, -0.2) is 0 Å². The van der Waals surface area contributed by atoms with E-state index in [1.54, 1.807) is 0 Å². The van der Waals surface area contributed by atoms with Crippen molar-refractivity contribution in [1.29, 1.82) is 0 Å². The van der Waals surface area contributed by atoms with Crippen molar-refractivity contribution < 1.29 is 57.1 Å². The molecule has 12 heteroatoms. The van der Waals surface area contributed by atoms with Gasteiger partial charge in [-0.15, -0.1) is 0 Å². The lowest BCUT2D eigenvalue weighted by Gasteiger charge is -2.26. The van der Waals surface area contributed by atoms with Gasteiger partial charge in [0.1, 0.15) is 25.4 Å². The lowest BCUT2D eigenvalue weighted by atomic mass is 9.79. The average Bonchev–Trinajstić information content (AvgIpc) is 3.74. The molecule has 4 aliphatic heterocycles. The Labute approximate surface area is 226 Å². The van der Waals surface area contributed by atoms with E-state index in [2.05, 4.69) is 0 Å². The van der Waals surface area contributed by atoms with Gasteiger partial charge in [0.25, 0.3) is 0 Å². The van der Waals surface area contributed by atoms with Crippen molar-refractivity contribution in [2.75, 3.05) is 39.6 Å². The van der Waals surface area contributed by atoms with Gasteiger partial charge in [-0.2, -0.15) is 0 Å². The Bertz CT molecular complexity index is 871. The Morgan fingerprint density at radius 2 is 0.846 bits per heavy atom. The molecule has 0 spiro atoms. The van der Waals surface area contributed by atoms with Crippen molar-refractivity contribution in [3.8, 4) is 0 Å². The van der Waals surface area contributed by atoms with E-state index in [0.29, 0.717) is 58.2 Å². The molecule has 0 aromatic carbocycles. The maximum Gasteiger partial charge on any atom is 0.310 e. The molecule has 10 unspecified atom stereocenters. The number of hydrogen-bond donors (Lipinski definition) is 0. The first-order valence-corrected chi connectivity index (χ1v) is 14.2. The molecule has 10 atom stereocenters. The Kier molecular flexibility index (Phi) is 8.06. The SMILES string of the molecule is O=C(OCCCCCOC(=O)C1CC2OC2CC1C(=O)OCC1CO1)C1CC2OC2CC1C(=O)OCC1CO1. The van der Waals surface area contributed by atoms with Gasteiger partial charge in [0.2, 0.25) is 0 Å². The Balaban J connectivity index is 0.868. The number of carbonyl (C=O) groups excluding carboxylic acids is 4. The van der Waals surface area contributed by atoms with Crippen molar-refractivity contribution in [3.63, 3.8) is 0 Å². The molecule has 2 saturated carbocycles. The summed E-state index contributed by atoms with van der Waals surface area (Å²) in [6.45, 7) is 2.06. The fourth-order valence-corrected chi connectivity index (χ4v) is 5.72. The van der Waals surface area contributed by atoms with Gasteiger partial charge < -0.3 is 37.9 Å². The summed E-state index contributed by atoms with van der Waals surface area (Å²) in [4.78, 5) is 50.6. The molecule has 216 valence electrons. The van der Waals surface area contributed by atoms with E-state index in [9.17, 15) is 19.2 Å². The van der Waals surface area contributed by atoms with Crippen LogP contribution in [0.1, 0.15) is 44.9 Å². The molecular weight excluding hydrogens is 516 g/mol. The number of esters is 4. The second-order valence-electron chi connectivity index (χ2n) is 11.4. The summed E-state index contributed by atoms with van der Waals surface area (Å²) in [5.74, 6) is -3.83. The van der Waals surface area contributed by atoms with Crippen molar-refractivity contribution in [1.82, 2.24) is 0 Å². The number of unbranched alkanes of at least 4 members (excludes halogenated alkanes) is 2. The normalized spacial score (nSPS) is 38.9. The van der Waals surface area contributed by atoms with Crippen LogP contribution in [-0.4, -0.2) is 100 Å². The Morgan fingerprint density at radius 1 is 0.513 bits per heavy atom. The number of ether oxygens (including phenoxy) is 8. The third-order valence-corrected chi connectivity index (χ3v) is 8.41. The number of carbonyl (C=O) groups is 4. The zero-order valence-electron chi connectivity index (χ0n) is 21.9. The topological polar surface area (TPSA) is 155 Å². The molecule has 12 nitrogen and oxygen atoms in total. The van der Waals surface area contributed by atoms with Crippen molar-refractivity contribution in [3.05, 3.63) is 0 Å². The highest BCUT2D eigenvalue weighted by molar-refractivity contribution is 5.83. The standard InChI is InChI=1S/C27H36O12/c28-24(16-6-20-22(38-20)8-18(16)26(30)36-12-14-10-34-14)32-4-2-1-3-5-33-25(29)17-7-21-23(39-21)9-19(17)27(31)37-13-15-11-35-15/h14-23H,1-13H2. The van der Waals surface area contributed by atoms with E-state index < -0.39 is 47.5 Å². The monoisotopic (exact) mass is 552 g/mol. The molecule has 6 aliphatic rings. The van der Waals surface area contributed by atoms with Crippen LogP contribution in [-0.2, 0) is 57.1 Å². The molecule has 0 N–H and O–H groups in total. The van der Waals surface area contributed by atoms with Crippen molar-refractivity contribution >= 4 is 23.9 Å². The van der Waals surface area contributed by atoms with Crippen molar-refractivity contribution in [2.24, 2.45) is 23.7 Å². The van der Waals surface area contributed by atoms with Crippen LogP contribution < -0.4 is 0 Å². The number of epoxide rings is 4. The smallest absolute Gasteiger partial charge is 0.310 e. The summed E-state index contributed by atoms with van der Waals surface area (Å²) in [7, 11) is 0. The summed E-state index contributed by atoms with van der Waals surface area (Å²) in [5, 5.41) is 0. The number of rotatable bonds is 14. The van der Waals surface area contributed by atoms with Crippen LogP contribution in [0.5, 0.6) is 0 Å². The number of fused-ring (bicyclic) bond motifs is 2. The third kappa shape index (κ3) is 7.08. The molecule has 4 heterocycles. The first kappa shape index (κ1) is 26.9. The summed E-state index contributed by atoms with van der Waals surface area (Å²) in [6.07, 6.45) is 3.81. The predicted octanol–water partition coefficient (Wildman–Crippen LogP) is 0.714. The van der Waals surface area contributed by atoms with Crippen LogP contribution in [0.15, 0.2) is 0 Å². The Morgan fingerprint density at radius 3 is 1.18 bits per heavy atom. The van der Waals surface area contributed by atoms with Crippen LogP contribution in [0.2, 0.25) is 0 Å². The molecule has 0 bridgehead atoms. The van der Waals surface area contributed by atoms with Gasteiger partial charge in [0, 0.05) is 0 Å². The highest BCUT2D eigenvalue weighted by atomic mass is 16.6. The van der Waals surface area contributed by atoms with E-state index >= 15 is 0 Å². The fourth-order valence-electron chi connectivity index (χ4n) is 5.72. The maximum absolute atomic E-state index is 12.7. The van der Waals surface area contributed by atoms with E-state index in [4.69, 9.17) is 37.9 Å². The second kappa shape index (κ2) is 11.7. The predicted molar refractivity (Wildman–Crippen MR) is 127 cm³/mol. The first-order chi connectivity index (χ1) is 19.0. The molecule has 0 aromatic heterocycles. The van der Waals surface area contributed by atoms with E-state index in [-0.39, 0.29) is 63.1 Å². The van der Waals surface area contributed by atoms with Gasteiger partial charge in [-0.05, 0) is 44.9 Å². The van der Waals surface area contributed by atoms with Gasteiger partial charge in [0.15, 0.2) is 0 Å². The highest BCUT2D eigenvalue weighted by Gasteiger charge is 2.55.